The van der Waals surface area contributed by atoms with Crippen molar-refractivity contribution in [2.45, 2.75) is 33.6 Å². The maximum Gasteiger partial charge on any atom is 0.222 e. The van der Waals surface area contributed by atoms with Gasteiger partial charge < -0.3 is 9.80 Å². The van der Waals surface area contributed by atoms with Gasteiger partial charge in [-0.3, -0.25) is 4.79 Å². The first-order valence-electron chi connectivity index (χ1n) is 7.99. The van der Waals surface area contributed by atoms with Crippen molar-refractivity contribution >= 4 is 32.6 Å². The number of nitrogens with zero attached hydrogens (tertiary/aromatic N) is 3. The molecule has 1 saturated heterocycles. The SMILES string of the molecule is CCCC(=O)N1CCN(c2nc3cc(C)c(C)cc3s2)CC1. The molecule has 4 nitrogen and oxygen atoms in total. The van der Waals surface area contributed by atoms with Crippen LogP contribution in [0, 0.1) is 13.8 Å². The molecule has 1 aromatic carbocycles. The van der Waals surface area contributed by atoms with E-state index in [1.54, 1.807) is 11.3 Å². The Morgan fingerprint density at radius 2 is 1.86 bits per heavy atom. The van der Waals surface area contributed by atoms with Gasteiger partial charge in [-0.15, -0.1) is 0 Å². The van der Waals surface area contributed by atoms with E-state index < -0.39 is 0 Å². The quantitative estimate of drug-likeness (QED) is 0.871. The molecule has 118 valence electrons. The summed E-state index contributed by atoms with van der Waals surface area (Å²) >= 11 is 1.76. The van der Waals surface area contributed by atoms with Crippen LogP contribution in [0.1, 0.15) is 30.9 Å². The van der Waals surface area contributed by atoms with Crippen LogP contribution in [0.5, 0.6) is 0 Å². The predicted octanol–water partition coefficient (Wildman–Crippen LogP) is 3.36. The number of carbonyl (C=O) groups is 1. The summed E-state index contributed by atoms with van der Waals surface area (Å²) < 4.78 is 1.25. The van der Waals surface area contributed by atoms with Crippen molar-refractivity contribution in [3.05, 3.63) is 23.3 Å². The maximum atomic E-state index is 12.0. The van der Waals surface area contributed by atoms with Gasteiger partial charge in [0.1, 0.15) is 0 Å². The summed E-state index contributed by atoms with van der Waals surface area (Å²) in [6.07, 6.45) is 1.59. The Balaban J connectivity index is 1.72. The largest absolute Gasteiger partial charge is 0.345 e. The molecular formula is C17H23N3OS. The topological polar surface area (TPSA) is 36.4 Å². The molecule has 0 saturated carbocycles. The highest BCUT2D eigenvalue weighted by Gasteiger charge is 2.22. The van der Waals surface area contributed by atoms with Crippen molar-refractivity contribution in [1.29, 1.82) is 0 Å². The molecule has 0 aliphatic carbocycles. The summed E-state index contributed by atoms with van der Waals surface area (Å²) in [6.45, 7) is 9.72. The summed E-state index contributed by atoms with van der Waals surface area (Å²) in [4.78, 5) is 21.0. The standard InChI is InChI=1S/C17H23N3OS/c1-4-5-16(21)19-6-8-20(9-7-19)17-18-14-10-12(2)13(3)11-15(14)22-17/h10-11H,4-9H2,1-3H3. The fourth-order valence-electron chi connectivity index (χ4n) is 2.82. The Bertz CT molecular complexity index is 648. The molecule has 1 aromatic heterocycles. The van der Waals surface area contributed by atoms with Gasteiger partial charge in [0.2, 0.25) is 5.91 Å². The molecule has 0 radical (unpaired) electrons. The molecule has 3 rings (SSSR count). The third kappa shape index (κ3) is 2.95. The van der Waals surface area contributed by atoms with E-state index in [0.717, 1.165) is 43.2 Å². The molecule has 1 fully saturated rings. The molecule has 22 heavy (non-hydrogen) atoms. The fraction of sp³-hybridized carbons (Fsp3) is 0.529. The maximum absolute atomic E-state index is 12.0. The highest BCUT2D eigenvalue weighted by Crippen LogP contribution is 2.31. The predicted molar refractivity (Wildman–Crippen MR) is 92.8 cm³/mol. The van der Waals surface area contributed by atoms with Gasteiger partial charge in [0, 0.05) is 32.6 Å². The van der Waals surface area contributed by atoms with E-state index in [0.29, 0.717) is 6.42 Å². The second-order valence-corrected chi connectivity index (χ2v) is 7.03. The second-order valence-electron chi connectivity index (χ2n) is 6.02. The van der Waals surface area contributed by atoms with Crippen molar-refractivity contribution < 1.29 is 4.79 Å². The molecule has 1 amide bonds. The molecule has 0 spiro atoms. The molecule has 2 heterocycles. The van der Waals surface area contributed by atoms with Crippen molar-refractivity contribution in [2.75, 3.05) is 31.1 Å². The van der Waals surface area contributed by atoms with Crippen molar-refractivity contribution in [2.24, 2.45) is 0 Å². The number of hydrogen-bond donors (Lipinski definition) is 0. The zero-order chi connectivity index (χ0) is 15.7. The van der Waals surface area contributed by atoms with Gasteiger partial charge in [-0.1, -0.05) is 18.3 Å². The van der Waals surface area contributed by atoms with Crippen molar-refractivity contribution in [1.82, 2.24) is 9.88 Å². The average Bonchev–Trinajstić information content (AvgIpc) is 2.91. The Labute approximate surface area is 135 Å². The minimum atomic E-state index is 0.290. The van der Waals surface area contributed by atoms with Crippen molar-refractivity contribution in [3.63, 3.8) is 0 Å². The number of hydrogen-bond acceptors (Lipinski definition) is 4. The van der Waals surface area contributed by atoms with Gasteiger partial charge in [-0.25, -0.2) is 4.98 Å². The number of amides is 1. The zero-order valence-corrected chi connectivity index (χ0v) is 14.4. The van der Waals surface area contributed by atoms with E-state index in [4.69, 9.17) is 4.98 Å². The van der Waals surface area contributed by atoms with E-state index in [1.165, 1.54) is 15.8 Å². The molecule has 0 bridgehead atoms. The van der Waals surface area contributed by atoms with Crippen LogP contribution in [0.25, 0.3) is 10.2 Å². The Kier molecular flexibility index (Phi) is 4.34. The number of carbonyl (C=O) groups excluding carboxylic acids is 1. The minimum absolute atomic E-state index is 0.290. The Hall–Kier alpha value is -1.62. The molecular weight excluding hydrogens is 294 g/mol. The number of anilines is 1. The smallest absolute Gasteiger partial charge is 0.222 e. The summed E-state index contributed by atoms with van der Waals surface area (Å²) in [7, 11) is 0. The van der Waals surface area contributed by atoms with Gasteiger partial charge in [0.15, 0.2) is 5.13 Å². The molecule has 0 unspecified atom stereocenters. The highest BCUT2D eigenvalue weighted by molar-refractivity contribution is 7.22. The number of benzene rings is 1. The van der Waals surface area contributed by atoms with Crippen LogP contribution in [0.4, 0.5) is 5.13 Å². The van der Waals surface area contributed by atoms with Crippen LogP contribution in [-0.4, -0.2) is 42.0 Å². The van der Waals surface area contributed by atoms with E-state index in [2.05, 4.69) is 37.8 Å². The van der Waals surface area contributed by atoms with Gasteiger partial charge in [-0.05, 0) is 43.5 Å². The summed E-state index contributed by atoms with van der Waals surface area (Å²) in [6, 6.07) is 4.40. The zero-order valence-electron chi connectivity index (χ0n) is 13.6. The van der Waals surface area contributed by atoms with E-state index in [-0.39, 0.29) is 5.91 Å². The number of fused-ring (bicyclic) bond motifs is 1. The summed E-state index contributed by atoms with van der Waals surface area (Å²) in [5, 5.41) is 1.09. The van der Waals surface area contributed by atoms with Crippen LogP contribution >= 0.6 is 11.3 Å². The first-order valence-corrected chi connectivity index (χ1v) is 8.80. The lowest BCUT2D eigenvalue weighted by atomic mass is 10.1. The van der Waals surface area contributed by atoms with Crippen LogP contribution in [0.2, 0.25) is 0 Å². The lowest BCUT2D eigenvalue weighted by Crippen LogP contribution is -2.48. The highest BCUT2D eigenvalue weighted by atomic mass is 32.1. The van der Waals surface area contributed by atoms with Crippen LogP contribution < -0.4 is 4.90 Å². The second kappa shape index (κ2) is 6.24. The minimum Gasteiger partial charge on any atom is -0.345 e. The number of aryl methyl sites for hydroxylation is 2. The molecule has 0 atom stereocenters. The third-order valence-corrected chi connectivity index (χ3v) is 5.44. The number of rotatable bonds is 3. The van der Waals surface area contributed by atoms with E-state index >= 15 is 0 Å². The fourth-order valence-corrected chi connectivity index (χ4v) is 3.92. The Morgan fingerprint density at radius 3 is 2.55 bits per heavy atom. The van der Waals surface area contributed by atoms with Gasteiger partial charge >= 0.3 is 0 Å². The number of piperazine rings is 1. The summed E-state index contributed by atoms with van der Waals surface area (Å²) in [5.74, 6) is 0.290. The molecule has 1 aliphatic rings. The van der Waals surface area contributed by atoms with Crippen LogP contribution in [-0.2, 0) is 4.79 Å². The first kappa shape index (κ1) is 15.3. The number of thiazole rings is 1. The van der Waals surface area contributed by atoms with Crippen LogP contribution in [0.15, 0.2) is 12.1 Å². The lowest BCUT2D eigenvalue weighted by Gasteiger charge is -2.34. The average molecular weight is 317 g/mol. The van der Waals surface area contributed by atoms with Crippen LogP contribution in [0.3, 0.4) is 0 Å². The molecule has 0 N–H and O–H groups in total. The summed E-state index contributed by atoms with van der Waals surface area (Å²) in [5.41, 5.74) is 3.70. The van der Waals surface area contributed by atoms with Gasteiger partial charge in [0.05, 0.1) is 10.2 Å². The normalized spacial score (nSPS) is 15.6. The van der Waals surface area contributed by atoms with Gasteiger partial charge in [-0.2, -0.15) is 0 Å². The molecule has 5 heteroatoms. The van der Waals surface area contributed by atoms with E-state index in [1.807, 2.05) is 4.90 Å². The number of aromatic nitrogens is 1. The Morgan fingerprint density at radius 1 is 1.18 bits per heavy atom. The third-order valence-electron chi connectivity index (χ3n) is 4.36. The molecule has 1 aliphatic heterocycles. The first-order chi connectivity index (χ1) is 10.6. The van der Waals surface area contributed by atoms with Gasteiger partial charge in [0.25, 0.3) is 0 Å². The monoisotopic (exact) mass is 317 g/mol. The van der Waals surface area contributed by atoms with E-state index in [9.17, 15) is 4.79 Å². The lowest BCUT2D eigenvalue weighted by molar-refractivity contribution is -0.131. The molecule has 2 aromatic rings. The van der Waals surface area contributed by atoms with Crippen molar-refractivity contribution in [3.8, 4) is 0 Å².